The van der Waals surface area contributed by atoms with Gasteiger partial charge < -0.3 is 20.5 Å². The number of benzene rings is 1. The lowest BCUT2D eigenvalue weighted by atomic mass is 10.1. The van der Waals surface area contributed by atoms with Crippen LogP contribution in [0.4, 0.5) is 4.39 Å². The third-order valence-corrected chi connectivity index (χ3v) is 3.04. The molecule has 1 aromatic carbocycles. The molecule has 1 heterocycles. The molecule has 0 saturated carbocycles. The Morgan fingerprint density at radius 3 is 2.84 bits per heavy atom. The standard InChI is InChI=1S/C12H13ClFN3O2/c13-8-5-7(1-2-9(8)14)17-4-3-16-12(17)11(15)10(19)6-18/h1-5,10-11,18-19H,6,15H2. The number of hydrogen-bond donors (Lipinski definition) is 3. The minimum absolute atomic E-state index is 0.0200. The molecule has 2 aromatic rings. The van der Waals surface area contributed by atoms with Crippen LogP contribution in [0.15, 0.2) is 30.6 Å². The number of rotatable bonds is 4. The first-order valence-corrected chi connectivity index (χ1v) is 5.95. The third-order valence-electron chi connectivity index (χ3n) is 2.75. The monoisotopic (exact) mass is 285 g/mol. The number of nitrogens with zero attached hydrogens (tertiary/aromatic N) is 2. The van der Waals surface area contributed by atoms with Crippen LogP contribution in [0.2, 0.25) is 5.02 Å². The molecule has 2 unspecified atom stereocenters. The second-order valence-electron chi connectivity index (χ2n) is 4.03. The maximum atomic E-state index is 13.1. The number of imidazole rings is 1. The predicted molar refractivity (Wildman–Crippen MR) is 68.6 cm³/mol. The molecule has 0 aliphatic carbocycles. The van der Waals surface area contributed by atoms with Crippen molar-refractivity contribution in [2.45, 2.75) is 12.1 Å². The van der Waals surface area contributed by atoms with Crippen molar-refractivity contribution in [1.82, 2.24) is 9.55 Å². The molecule has 0 amide bonds. The minimum atomic E-state index is -1.13. The Morgan fingerprint density at radius 2 is 2.21 bits per heavy atom. The van der Waals surface area contributed by atoms with Gasteiger partial charge in [-0.3, -0.25) is 0 Å². The molecule has 0 saturated heterocycles. The molecular weight excluding hydrogens is 273 g/mol. The molecule has 7 heteroatoms. The summed E-state index contributed by atoms with van der Waals surface area (Å²) < 4.78 is 14.7. The average Bonchev–Trinajstić information content (AvgIpc) is 2.89. The third kappa shape index (κ3) is 2.76. The zero-order valence-electron chi connectivity index (χ0n) is 9.87. The summed E-state index contributed by atoms with van der Waals surface area (Å²) in [4.78, 5) is 4.04. The van der Waals surface area contributed by atoms with E-state index in [2.05, 4.69) is 4.98 Å². The van der Waals surface area contributed by atoms with Crippen LogP contribution in [0.1, 0.15) is 11.9 Å². The van der Waals surface area contributed by atoms with Gasteiger partial charge in [0, 0.05) is 18.1 Å². The van der Waals surface area contributed by atoms with Crippen LogP contribution >= 0.6 is 11.6 Å². The van der Waals surface area contributed by atoms with E-state index in [1.807, 2.05) is 0 Å². The molecule has 0 spiro atoms. The van der Waals surface area contributed by atoms with E-state index in [-0.39, 0.29) is 5.02 Å². The van der Waals surface area contributed by atoms with E-state index in [0.717, 1.165) is 0 Å². The molecule has 2 rings (SSSR count). The average molecular weight is 286 g/mol. The van der Waals surface area contributed by atoms with Crippen molar-refractivity contribution in [1.29, 1.82) is 0 Å². The van der Waals surface area contributed by atoms with Crippen LogP contribution in [0.25, 0.3) is 5.69 Å². The smallest absolute Gasteiger partial charge is 0.141 e. The second-order valence-corrected chi connectivity index (χ2v) is 4.44. The van der Waals surface area contributed by atoms with Crippen LogP contribution in [-0.4, -0.2) is 32.5 Å². The molecule has 5 nitrogen and oxygen atoms in total. The van der Waals surface area contributed by atoms with Gasteiger partial charge in [-0.25, -0.2) is 9.37 Å². The van der Waals surface area contributed by atoms with Crippen molar-refractivity contribution >= 4 is 11.6 Å². The van der Waals surface area contributed by atoms with Crippen molar-refractivity contribution in [3.8, 4) is 5.69 Å². The van der Waals surface area contributed by atoms with Crippen LogP contribution in [-0.2, 0) is 0 Å². The van der Waals surface area contributed by atoms with Gasteiger partial charge in [-0.05, 0) is 18.2 Å². The highest BCUT2D eigenvalue weighted by Gasteiger charge is 2.21. The molecule has 102 valence electrons. The predicted octanol–water partition coefficient (Wildman–Crippen LogP) is 1.02. The number of aliphatic hydroxyl groups is 2. The lowest BCUT2D eigenvalue weighted by Gasteiger charge is -2.18. The fraction of sp³-hybridized carbons (Fsp3) is 0.250. The zero-order valence-corrected chi connectivity index (χ0v) is 10.6. The lowest BCUT2D eigenvalue weighted by molar-refractivity contribution is 0.0714. The Balaban J connectivity index is 2.41. The fourth-order valence-electron chi connectivity index (χ4n) is 1.70. The molecule has 0 fully saturated rings. The first-order chi connectivity index (χ1) is 9.04. The lowest BCUT2D eigenvalue weighted by Crippen LogP contribution is -2.31. The number of halogens is 2. The van der Waals surface area contributed by atoms with Gasteiger partial charge in [0.15, 0.2) is 0 Å². The van der Waals surface area contributed by atoms with Crippen LogP contribution in [0, 0.1) is 5.82 Å². The molecular formula is C12H13ClFN3O2. The van der Waals surface area contributed by atoms with Crippen LogP contribution in [0.3, 0.4) is 0 Å². The quantitative estimate of drug-likeness (QED) is 0.783. The molecule has 4 N–H and O–H groups in total. The van der Waals surface area contributed by atoms with Gasteiger partial charge in [-0.1, -0.05) is 11.6 Å². The summed E-state index contributed by atoms with van der Waals surface area (Å²) >= 11 is 5.72. The Morgan fingerprint density at radius 1 is 1.47 bits per heavy atom. The Kier molecular flexibility index (Phi) is 4.16. The Labute approximate surface area is 114 Å². The minimum Gasteiger partial charge on any atom is -0.394 e. The summed E-state index contributed by atoms with van der Waals surface area (Å²) in [6, 6.07) is 3.32. The van der Waals surface area contributed by atoms with Crippen molar-refractivity contribution in [2.75, 3.05) is 6.61 Å². The Hall–Kier alpha value is -1.47. The molecule has 0 radical (unpaired) electrons. The van der Waals surface area contributed by atoms with Gasteiger partial charge in [0.1, 0.15) is 11.6 Å². The molecule has 2 atom stereocenters. The van der Waals surface area contributed by atoms with E-state index < -0.39 is 24.6 Å². The second kappa shape index (κ2) is 5.66. The summed E-state index contributed by atoms with van der Waals surface area (Å²) in [5.74, 6) is -0.170. The van der Waals surface area contributed by atoms with Crippen molar-refractivity contribution in [3.05, 3.63) is 47.3 Å². The van der Waals surface area contributed by atoms with Crippen molar-refractivity contribution in [2.24, 2.45) is 5.73 Å². The van der Waals surface area contributed by atoms with Crippen LogP contribution < -0.4 is 5.73 Å². The first-order valence-electron chi connectivity index (χ1n) is 5.57. The van der Waals surface area contributed by atoms with Gasteiger partial charge in [0.25, 0.3) is 0 Å². The summed E-state index contributed by atoms with van der Waals surface area (Å²) in [6.07, 6.45) is 1.98. The zero-order chi connectivity index (χ0) is 14.0. The summed E-state index contributed by atoms with van der Waals surface area (Å²) in [5.41, 5.74) is 6.37. The van der Waals surface area contributed by atoms with Gasteiger partial charge >= 0.3 is 0 Å². The Bertz CT molecular complexity index is 576. The summed E-state index contributed by atoms with van der Waals surface area (Å²) in [5, 5.41) is 18.4. The topological polar surface area (TPSA) is 84.3 Å². The van der Waals surface area contributed by atoms with Gasteiger partial charge in [-0.15, -0.1) is 0 Å². The van der Waals surface area contributed by atoms with Gasteiger partial charge in [0.2, 0.25) is 0 Å². The van der Waals surface area contributed by atoms with E-state index in [1.54, 1.807) is 10.8 Å². The molecule has 1 aromatic heterocycles. The van der Waals surface area contributed by atoms with Crippen LogP contribution in [0.5, 0.6) is 0 Å². The van der Waals surface area contributed by atoms with E-state index >= 15 is 0 Å². The maximum absolute atomic E-state index is 13.1. The maximum Gasteiger partial charge on any atom is 0.141 e. The number of nitrogens with two attached hydrogens (primary N) is 1. The van der Waals surface area contributed by atoms with E-state index in [0.29, 0.717) is 11.5 Å². The van der Waals surface area contributed by atoms with Crippen molar-refractivity contribution in [3.63, 3.8) is 0 Å². The molecule has 19 heavy (non-hydrogen) atoms. The highest BCUT2D eigenvalue weighted by Crippen LogP contribution is 2.22. The summed E-state index contributed by atoms with van der Waals surface area (Å²) in [7, 11) is 0. The first kappa shape index (κ1) is 14.0. The van der Waals surface area contributed by atoms with E-state index in [4.69, 9.17) is 22.4 Å². The van der Waals surface area contributed by atoms with E-state index in [1.165, 1.54) is 24.4 Å². The number of aliphatic hydroxyl groups excluding tert-OH is 2. The normalized spacial score (nSPS) is 14.4. The highest BCUT2D eigenvalue weighted by atomic mass is 35.5. The fourth-order valence-corrected chi connectivity index (χ4v) is 1.88. The number of aromatic nitrogens is 2. The van der Waals surface area contributed by atoms with Gasteiger partial charge in [-0.2, -0.15) is 0 Å². The van der Waals surface area contributed by atoms with Crippen molar-refractivity contribution < 1.29 is 14.6 Å². The highest BCUT2D eigenvalue weighted by molar-refractivity contribution is 6.30. The summed E-state index contributed by atoms with van der Waals surface area (Å²) in [6.45, 7) is -0.474. The van der Waals surface area contributed by atoms with Gasteiger partial charge in [0.05, 0.1) is 23.8 Å². The molecule has 0 aliphatic heterocycles. The largest absolute Gasteiger partial charge is 0.394 e. The molecule has 0 aliphatic rings. The van der Waals surface area contributed by atoms with E-state index in [9.17, 15) is 9.50 Å². The molecule has 0 bridgehead atoms. The number of hydrogen-bond acceptors (Lipinski definition) is 4. The SMILES string of the molecule is NC(c1nccn1-c1ccc(F)c(Cl)c1)C(O)CO.